The third kappa shape index (κ3) is 5.50. The van der Waals surface area contributed by atoms with Crippen molar-refractivity contribution in [3.8, 4) is 0 Å². The van der Waals surface area contributed by atoms with E-state index in [4.69, 9.17) is 9.84 Å². The van der Waals surface area contributed by atoms with Crippen molar-refractivity contribution in [2.75, 3.05) is 20.3 Å². The molecule has 0 bridgehead atoms. The first kappa shape index (κ1) is 12.9. The summed E-state index contributed by atoms with van der Waals surface area (Å²) in [5, 5.41) is 12.6. The molecule has 0 aliphatic heterocycles. The van der Waals surface area contributed by atoms with Gasteiger partial charge in [0.2, 0.25) is 0 Å². The first-order chi connectivity index (χ1) is 7.36. The molecule has 15 heavy (non-hydrogen) atoms. The van der Waals surface area contributed by atoms with Crippen LogP contribution >= 0.6 is 0 Å². The maximum Gasteiger partial charge on any atom is 0.0616 e. The molecule has 0 amide bonds. The minimum absolute atomic E-state index is 0.244. The summed E-state index contributed by atoms with van der Waals surface area (Å²) in [7, 11) is 1.72. The normalized spacial score (nSPS) is 21.2. The highest BCUT2D eigenvalue weighted by Crippen LogP contribution is 2.17. The fourth-order valence-electron chi connectivity index (χ4n) is 2.35. The summed E-state index contributed by atoms with van der Waals surface area (Å²) in [6, 6.07) is 0.960. The molecule has 0 aromatic carbocycles. The number of aliphatic hydroxyl groups is 1. The van der Waals surface area contributed by atoms with E-state index in [1.54, 1.807) is 7.11 Å². The highest BCUT2D eigenvalue weighted by molar-refractivity contribution is 4.76. The summed E-state index contributed by atoms with van der Waals surface area (Å²) in [5.74, 6) is 0. The van der Waals surface area contributed by atoms with Gasteiger partial charge in [-0.3, -0.25) is 0 Å². The summed E-state index contributed by atoms with van der Waals surface area (Å²) in [5.41, 5.74) is 0. The highest BCUT2D eigenvalue weighted by Gasteiger charge is 2.16. The summed E-state index contributed by atoms with van der Waals surface area (Å²) < 4.78 is 5.16. The van der Waals surface area contributed by atoms with E-state index in [1.165, 1.54) is 38.5 Å². The number of nitrogens with one attached hydrogen (secondary N) is 1. The van der Waals surface area contributed by atoms with E-state index < -0.39 is 0 Å². The minimum atomic E-state index is 0.244. The predicted molar refractivity (Wildman–Crippen MR) is 62.0 cm³/mol. The Bertz CT molecular complexity index is 139. The zero-order chi connectivity index (χ0) is 10.9. The molecule has 3 heteroatoms. The van der Waals surface area contributed by atoms with Gasteiger partial charge in [0.1, 0.15) is 0 Å². The number of ether oxygens (including phenoxy) is 1. The maximum atomic E-state index is 8.95. The molecule has 1 saturated carbocycles. The Morgan fingerprint density at radius 2 is 1.93 bits per heavy atom. The number of hydrogen-bond donors (Lipinski definition) is 2. The lowest BCUT2D eigenvalue weighted by atomic mass is 10.1. The van der Waals surface area contributed by atoms with Gasteiger partial charge >= 0.3 is 0 Å². The van der Waals surface area contributed by atoms with Crippen molar-refractivity contribution in [1.29, 1.82) is 0 Å². The molecule has 0 heterocycles. The third-order valence-electron chi connectivity index (χ3n) is 3.17. The number of rotatable bonds is 6. The lowest BCUT2D eigenvalue weighted by Crippen LogP contribution is -2.41. The third-order valence-corrected chi connectivity index (χ3v) is 3.17. The topological polar surface area (TPSA) is 41.5 Å². The Morgan fingerprint density at radius 3 is 2.47 bits per heavy atom. The Labute approximate surface area is 93.2 Å². The van der Waals surface area contributed by atoms with Gasteiger partial charge in [-0.05, 0) is 19.3 Å². The van der Waals surface area contributed by atoms with E-state index in [2.05, 4.69) is 5.32 Å². The molecule has 2 N–H and O–H groups in total. The zero-order valence-corrected chi connectivity index (χ0v) is 9.87. The van der Waals surface area contributed by atoms with E-state index >= 15 is 0 Å². The van der Waals surface area contributed by atoms with Crippen molar-refractivity contribution in [1.82, 2.24) is 5.32 Å². The number of hydrogen-bond acceptors (Lipinski definition) is 3. The van der Waals surface area contributed by atoms with Gasteiger partial charge < -0.3 is 15.2 Å². The number of methoxy groups -OCH3 is 1. The second-order valence-electron chi connectivity index (χ2n) is 4.52. The van der Waals surface area contributed by atoms with E-state index in [9.17, 15) is 0 Å². The molecule has 0 aromatic rings. The lowest BCUT2D eigenvalue weighted by molar-refractivity contribution is 0.140. The second-order valence-corrected chi connectivity index (χ2v) is 4.52. The molecule has 3 nitrogen and oxygen atoms in total. The molecule has 1 atom stereocenters. The van der Waals surface area contributed by atoms with Gasteiger partial charge in [-0.1, -0.05) is 25.7 Å². The average molecular weight is 215 g/mol. The van der Waals surface area contributed by atoms with Gasteiger partial charge in [0.05, 0.1) is 6.61 Å². The Kier molecular flexibility index (Phi) is 6.98. The molecular formula is C12H25NO2. The van der Waals surface area contributed by atoms with Crippen molar-refractivity contribution < 1.29 is 9.84 Å². The van der Waals surface area contributed by atoms with Crippen LogP contribution in [0.4, 0.5) is 0 Å². The van der Waals surface area contributed by atoms with Crippen LogP contribution in [-0.4, -0.2) is 37.5 Å². The molecule has 1 unspecified atom stereocenters. The average Bonchev–Trinajstić information content (AvgIpc) is 2.47. The van der Waals surface area contributed by atoms with Crippen LogP contribution in [0.5, 0.6) is 0 Å². The molecule has 1 aliphatic carbocycles. The van der Waals surface area contributed by atoms with Crippen LogP contribution in [0.15, 0.2) is 0 Å². The molecule has 1 fully saturated rings. The molecule has 1 rings (SSSR count). The second kappa shape index (κ2) is 8.08. The van der Waals surface area contributed by atoms with Crippen molar-refractivity contribution in [2.45, 2.75) is 57.0 Å². The fraction of sp³-hybridized carbons (Fsp3) is 1.00. The standard InChI is InChI=1S/C12H25NO2/c1-15-10-12(8-9-14)13-11-6-4-2-3-5-7-11/h11-14H,2-10H2,1H3. The van der Waals surface area contributed by atoms with Gasteiger partial charge in [-0.15, -0.1) is 0 Å². The quantitative estimate of drug-likeness (QED) is 0.663. The Balaban J connectivity index is 2.27. The molecular weight excluding hydrogens is 190 g/mol. The maximum absolute atomic E-state index is 8.95. The van der Waals surface area contributed by atoms with Crippen LogP contribution in [0.2, 0.25) is 0 Å². The van der Waals surface area contributed by atoms with Crippen LogP contribution in [0.25, 0.3) is 0 Å². The fourth-order valence-corrected chi connectivity index (χ4v) is 2.35. The van der Waals surface area contributed by atoms with Crippen molar-refractivity contribution in [2.24, 2.45) is 0 Å². The van der Waals surface area contributed by atoms with Gasteiger partial charge in [-0.25, -0.2) is 0 Å². The summed E-state index contributed by atoms with van der Waals surface area (Å²) in [6.45, 7) is 0.949. The SMILES string of the molecule is COCC(CCO)NC1CCCCCC1. The number of aliphatic hydroxyl groups excluding tert-OH is 1. The molecule has 90 valence electrons. The van der Waals surface area contributed by atoms with Gasteiger partial charge in [-0.2, -0.15) is 0 Å². The smallest absolute Gasteiger partial charge is 0.0616 e. The van der Waals surface area contributed by atoms with Crippen LogP contribution in [0, 0.1) is 0 Å². The van der Waals surface area contributed by atoms with Crippen LogP contribution < -0.4 is 5.32 Å². The summed E-state index contributed by atoms with van der Waals surface area (Å²) >= 11 is 0. The minimum Gasteiger partial charge on any atom is -0.396 e. The van der Waals surface area contributed by atoms with Crippen LogP contribution in [0.3, 0.4) is 0 Å². The van der Waals surface area contributed by atoms with Crippen molar-refractivity contribution in [3.05, 3.63) is 0 Å². The largest absolute Gasteiger partial charge is 0.396 e. The van der Waals surface area contributed by atoms with Gasteiger partial charge in [0, 0.05) is 25.8 Å². The first-order valence-corrected chi connectivity index (χ1v) is 6.22. The van der Waals surface area contributed by atoms with Gasteiger partial charge in [0.25, 0.3) is 0 Å². The zero-order valence-electron chi connectivity index (χ0n) is 9.87. The Hall–Kier alpha value is -0.120. The van der Waals surface area contributed by atoms with Crippen LogP contribution in [-0.2, 0) is 4.74 Å². The molecule has 0 radical (unpaired) electrons. The van der Waals surface area contributed by atoms with E-state index in [0.29, 0.717) is 18.7 Å². The van der Waals surface area contributed by atoms with Gasteiger partial charge in [0.15, 0.2) is 0 Å². The van der Waals surface area contributed by atoms with Crippen molar-refractivity contribution in [3.63, 3.8) is 0 Å². The predicted octanol–water partition coefficient (Wildman–Crippen LogP) is 1.70. The monoisotopic (exact) mass is 215 g/mol. The first-order valence-electron chi connectivity index (χ1n) is 6.22. The molecule has 0 saturated heterocycles. The molecule has 1 aliphatic rings. The van der Waals surface area contributed by atoms with Crippen LogP contribution in [0.1, 0.15) is 44.9 Å². The van der Waals surface area contributed by atoms with E-state index in [1.807, 2.05) is 0 Å². The summed E-state index contributed by atoms with van der Waals surface area (Å²) in [4.78, 5) is 0. The van der Waals surface area contributed by atoms with E-state index in [-0.39, 0.29) is 6.61 Å². The Morgan fingerprint density at radius 1 is 1.27 bits per heavy atom. The summed E-state index contributed by atoms with van der Waals surface area (Å²) in [6.07, 6.45) is 8.81. The lowest BCUT2D eigenvalue weighted by Gasteiger charge is -2.24. The molecule has 0 spiro atoms. The highest BCUT2D eigenvalue weighted by atomic mass is 16.5. The van der Waals surface area contributed by atoms with Crippen molar-refractivity contribution >= 4 is 0 Å². The van der Waals surface area contributed by atoms with E-state index in [0.717, 1.165) is 6.42 Å². The molecule has 0 aromatic heterocycles.